The molecule has 0 fully saturated rings. The van der Waals surface area contributed by atoms with Crippen LogP contribution in [0.3, 0.4) is 0 Å². The van der Waals surface area contributed by atoms with Crippen molar-refractivity contribution in [1.82, 2.24) is 4.98 Å². The smallest absolute Gasteiger partial charge is 0.113 e. The number of para-hydroxylation sites is 1. The first-order valence-electron chi connectivity index (χ1n) is 6.60. The second-order valence-corrected chi connectivity index (χ2v) is 5.43. The number of hydrogen-bond acceptors (Lipinski definition) is 1. The predicted octanol–water partition coefficient (Wildman–Crippen LogP) is 4.57. The van der Waals surface area contributed by atoms with Crippen molar-refractivity contribution in [2.24, 2.45) is 0 Å². The zero-order valence-corrected chi connectivity index (χ0v) is 12.3. The van der Waals surface area contributed by atoms with Gasteiger partial charge in [0, 0.05) is 28.4 Å². The zero-order chi connectivity index (χ0) is 14.1. The average Bonchev–Trinajstić information content (AvgIpc) is 2.86. The highest BCUT2D eigenvalue weighted by Gasteiger charge is 2.09. The number of aryl methyl sites for hydroxylation is 2. The third-order valence-electron chi connectivity index (χ3n) is 3.46. The van der Waals surface area contributed by atoms with Gasteiger partial charge in [-0.1, -0.05) is 48.1 Å². The largest absolute Gasteiger partial charge is 0.360 e. The van der Waals surface area contributed by atoms with E-state index in [2.05, 4.69) is 54.5 Å². The molecule has 0 saturated carbocycles. The molecule has 0 aliphatic heterocycles. The molecule has 0 amide bonds. The number of benzene rings is 2. The first-order chi connectivity index (χ1) is 9.65. The van der Waals surface area contributed by atoms with Crippen molar-refractivity contribution in [3.05, 3.63) is 65.4 Å². The molecule has 0 atom stereocenters. The van der Waals surface area contributed by atoms with Gasteiger partial charge in [0.15, 0.2) is 0 Å². The molecule has 0 radical (unpaired) electrons. The Bertz CT molecular complexity index is 787. The van der Waals surface area contributed by atoms with Gasteiger partial charge in [-0.25, -0.2) is 0 Å². The lowest BCUT2D eigenvalue weighted by atomic mass is 10.1. The standard InChI is InChI=1S/C17H16N2S/c1-11-7-8-15(12(2)9-11)19-17(20)14-10-18-16-6-4-3-5-13(14)16/h3-10,18H,1-2H3,(H,19,20). The fraction of sp³-hybridized carbons (Fsp3) is 0.118. The molecule has 0 unspecified atom stereocenters. The summed E-state index contributed by atoms with van der Waals surface area (Å²) < 4.78 is 0. The highest BCUT2D eigenvalue weighted by molar-refractivity contribution is 7.81. The first-order valence-corrected chi connectivity index (χ1v) is 7.01. The Morgan fingerprint density at radius 3 is 2.70 bits per heavy atom. The Morgan fingerprint density at radius 2 is 1.90 bits per heavy atom. The van der Waals surface area contributed by atoms with Crippen LogP contribution in [0.25, 0.3) is 10.9 Å². The van der Waals surface area contributed by atoms with Crippen LogP contribution >= 0.6 is 12.2 Å². The SMILES string of the molecule is Cc1ccc(NC(=S)c2c[nH]c3ccccc23)c(C)c1. The minimum Gasteiger partial charge on any atom is -0.360 e. The van der Waals surface area contributed by atoms with Gasteiger partial charge in [0.1, 0.15) is 4.99 Å². The van der Waals surface area contributed by atoms with Crippen LogP contribution in [0.1, 0.15) is 16.7 Å². The van der Waals surface area contributed by atoms with E-state index in [0.29, 0.717) is 0 Å². The summed E-state index contributed by atoms with van der Waals surface area (Å²) >= 11 is 5.55. The van der Waals surface area contributed by atoms with Gasteiger partial charge < -0.3 is 10.3 Å². The normalized spacial score (nSPS) is 10.7. The fourth-order valence-electron chi connectivity index (χ4n) is 2.40. The number of thiocarbonyl (C=S) groups is 1. The maximum absolute atomic E-state index is 5.55. The fourth-order valence-corrected chi connectivity index (χ4v) is 2.68. The number of hydrogen-bond donors (Lipinski definition) is 2. The second-order valence-electron chi connectivity index (χ2n) is 5.02. The lowest BCUT2D eigenvalue weighted by Gasteiger charge is -2.10. The average molecular weight is 280 g/mol. The number of anilines is 1. The molecule has 1 aromatic heterocycles. The van der Waals surface area contributed by atoms with Crippen molar-refractivity contribution in [3.8, 4) is 0 Å². The number of aromatic amines is 1. The molecule has 3 heteroatoms. The molecule has 0 saturated heterocycles. The van der Waals surface area contributed by atoms with Crippen molar-refractivity contribution in [3.63, 3.8) is 0 Å². The van der Waals surface area contributed by atoms with E-state index >= 15 is 0 Å². The summed E-state index contributed by atoms with van der Waals surface area (Å²) in [7, 11) is 0. The van der Waals surface area contributed by atoms with Crippen LogP contribution in [0.5, 0.6) is 0 Å². The zero-order valence-electron chi connectivity index (χ0n) is 11.5. The quantitative estimate of drug-likeness (QED) is 0.673. The lowest BCUT2D eigenvalue weighted by molar-refractivity contribution is 1.38. The number of H-pyrrole nitrogens is 1. The lowest BCUT2D eigenvalue weighted by Crippen LogP contribution is -2.11. The minimum absolute atomic E-state index is 0.745. The van der Waals surface area contributed by atoms with E-state index < -0.39 is 0 Å². The van der Waals surface area contributed by atoms with Crippen molar-refractivity contribution in [1.29, 1.82) is 0 Å². The third-order valence-corrected chi connectivity index (χ3v) is 3.79. The molecular weight excluding hydrogens is 264 g/mol. The van der Waals surface area contributed by atoms with E-state index in [9.17, 15) is 0 Å². The predicted molar refractivity (Wildman–Crippen MR) is 89.5 cm³/mol. The number of fused-ring (bicyclic) bond motifs is 1. The molecule has 20 heavy (non-hydrogen) atoms. The van der Waals surface area contributed by atoms with Crippen molar-refractivity contribution in [2.45, 2.75) is 13.8 Å². The van der Waals surface area contributed by atoms with E-state index in [0.717, 1.165) is 27.1 Å². The van der Waals surface area contributed by atoms with E-state index in [1.54, 1.807) is 0 Å². The molecule has 2 N–H and O–H groups in total. The molecule has 0 bridgehead atoms. The van der Waals surface area contributed by atoms with Gasteiger partial charge in [0.05, 0.1) is 0 Å². The highest BCUT2D eigenvalue weighted by atomic mass is 32.1. The third kappa shape index (κ3) is 2.32. The topological polar surface area (TPSA) is 27.8 Å². The number of rotatable bonds is 2. The molecule has 0 aliphatic carbocycles. The van der Waals surface area contributed by atoms with E-state index in [1.165, 1.54) is 11.1 Å². The van der Waals surface area contributed by atoms with E-state index in [-0.39, 0.29) is 0 Å². The van der Waals surface area contributed by atoms with Crippen LogP contribution in [0.2, 0.25) is 0 Å². The van der Waals surface area contributed by atoms with E-state index in [1.807, 2.05) is 18.3 Å². The van der Waals surface area contributed by atoms with Gasteiger partial charge in [-0.15, -0.1) is 0 Å². The Balaban J connectivity index is 1.93. The van der Waals surface area contributed by atoms with Gasteiger partial charge in [0.25, 0.3) is 0 Å². The van der Waals surface area contributed by atoms with Crippen LogP contribution in [-0.2, 0) is 0 Å². The summed E-state index contributed by atoms with van der Waals surface area (Å²) in [6, 6.07) is 14.5. The second kappa shape index (κ2) is 5.10. The first kappa shape index (κ1) is 12.9. The van der Waals surface area contributed by atoms with Crippen LogP contribution < -0.4 is 5.32 Å². The summed E-state index contributed by atoms with van der Waals surface area (Å²) in [5.74, 6) is 0. The Kier molecular flexibility index (Phi) is 3.28. The van der Waals surface area contributed by atoms with Crippen LogP contribution in [0, 0.1) is 13.8 Å². The van der Waals surface area contributed by atoms with Crippen LogP contribution in [0.4, 0.5) is 5.69 Å². The molecule has 0 aliphatic rings. The molecular formula is C17H16N2S. The van der Waals surface area contributed by atoms with Crippen LogP contribution in [0.15, 0.2) is 48.7 Å². The van der Waals surface area contributed by atoms with Crippen molar-refractivity contribution in [2.75, 3.05) is 5.32 Å². The molecule has 1 heterocycles. The van der Waals surface area contributed by atoms with Gasteiger partial charge in [-0.05, 0) is 31.5 Å². The molecule has 2 nitrogen and oxygen atoms in total. The number of nitrogens with one attached hydrogen (secondary N) is 2. The molecule has 3 aromatic rings. The summed E-state index contributed by atoms with van der Waals surface area (Å²) in [4.78, 5) is 4.00. The van der Waals surface area contributed by atoms with Gasteiger partial charge in [-0.3, -0.25) is 0 Å². The van der Waals surface area contributed by atoms with Crippen molar-refractivity contribution >= 4 is 33.8 Å². The van der Waals surface area contributed by atoms with Gasteiger partial charge in [-0.2, -0.15) is 0 Å². The van der Waals surface area contributed by atoms with Gasteiger partial charge >= 0.3 is 0 Å². The Morgan fingerprint density at radius 1 is 1.10 bits per heavy atom. The Hall–Kier alpha value is -2.13. The van der Waals surface area contributed by atoms with E-state index in [4.69, 9.17) is 12.2 Å². The Labute approximate surface area is 123 Å². The molecule has 2 aromatic carbocycles. The maximum Gasteiger partial charge on any atom is 0.113 e. The summed E-state index contributed by atoms with van der Waals surface area (Å²) in [5, 5.41) is 4.49. The summed E-state index contributed by atoms with van der Waals surface area (Å²) in [6.07, 6.45) is 1.96. The monoisotopic (exact) mass is 280 g/mol. The van der Waals surface area contributed by atoms with Crippen molar-refractivity contribution < 1.29 is 0 Å². The maximum atomic E-state index is 5.55. The summed E-state index contributed by atoms with van der Waals surface area (Å²) in [5.41, 5.74) is 5.66. The summed E-state index contributed by atoms with van der Waals surface area (Å²) in [6.45, 7) is 4.18. The van der Waals surface area contributed by atoms with Crippen LogP contribution in [-0.4, -0.2) is 9.97 Å². The minimum atomic E-state index is 0.745. The molecule has 0 spiro atoms. The highest BCUT2D eigenvalue weighted by Crippen LogP contribution is 2.21. The van der Waals surface area contributed by atoms with Gasteiger partial charge in [0.2, 0.25) is 0 Å². The number of aromatic nitrogens is 1. The molecule has 3 rings (SSSR count). The molecule has 100 valence electrons.